The van der Waals surface area contributed by atoms with Gasteiger partial charge in [0, 0.05) is 22.6 Å². The van der Waals surface area contributed by atoms with Gasteiger partial charge in [0.2, 0.25) is 5.78 Å². The van der Waals surface area contributed by atoms with E-state index in [4.69, 9.17) is 8.83 Å². The van der Waals surface area contributed by atoms with Crippen LogP contribution in [0, 0.1) is 20.8 Å². The predicted octanol–water partition coefficient (Wildman–Crippen LogP) is 6.36. The van der Waals surface area contributed by atoms with Crippen molar-refractivity contribution in [3.63, 3.8) is 0 Å². The number of carbonyl (C=O) groups excluding carboxylic acids is 1. The summed E-state index contributed by atoms with van der Waals surface area (Å²) >= 11 is 0. The van der Waals surface area contributed by atoms with Crippen LogP contribution in [-0.2, 0) is 0 Å². The van der Waals surface area contributed by atoms with Gasteiger partial charge >= 0.3 is 5.63 Å². The Morgan fingerprint density at radius 1 is 0.806 bits per heavy atom. The lowest BCUT2D eigenvalue weighted by Crippen LogP contribution is -2.04. The molecule has 0 aliphatic carbocycles. The second kappa shape index (κ2) is 7.10. The number of rotatable bonds is 3. The van der Waals surface area contributed by atoms with Crippen LogP contribution in [0.15, 0.2) is 80.4 Å². The maximum absolute atomic E-state index is 13.6. The Hall–Kier alpha value is -3.92. The van der Waals surface area contributed by atoms with Crippen LogP contribution in [0.2, 0.25) is 0 Å². The summed E-state index contributed by atoms with van der Waals surface area (Å²) in [6.07, 6.45) is 0. The third-order valence-electron chi connectivity index (χ3n) is 5.67. The summed E-state index contributed by atoms with van der Waals surface area (Å²) < 4.78 is 11.8. The largest absolute Gasteiger partial charge is 0.452 e. The molecule has 0 unspecified atom stereocenters. The predicted molar refractivity (Wildman–Crippen MR) is 122 cm³/mol. The zero-order valence-electron chi connectivity index (χ0n) is 17.5. The van der Waals surface area contributed by atoms with Crippen LogP contribution >= 0.6 is 0 Å². The second-order valence-electron chi connectivity index (χ2n) is 7.88. The molecule has 2 heterocycles. The second-order valence-corrected chi connectivity index (χ2v) is 7.88. The average molecular weight is 408 g/mol. The van der Waals surface area contributed by atoms with Crippen molar-refractivity contribution in [1.82, 2.24) is 0 Å². The highest BCUT2D eigenvalue weighted by Crippen LogP contribution is 2.40. The highest BCUT2D eigenvalue weighted by atomic mass is 16.4. The first-order valence-corrected chi connectivity index (χ1v) is 10.1. The summed E-state index contributed by atoms with van der Waals surface area (Å²) in [5.41, 5.74) is 5.35. The summed E-state index contributed by atoms with van der Waals surface area (Å²) in [6, 6.07) is 20.5. The SMILES string of the molecule is Cc1ccc(C(=O)c2oc3ccc4c(C)cc(=O)oc4c3c2-c2ccccc2)c(C)c1. The molecule has 0 aliphatic heterocycles. The topological polar surface area (TPSA) is 60.4 Å². The van der Waals surface area contributed by atoms with Crippen LogP contribution < -0.4 is 5.63 Å². The van der Waals surface area contributed by atoms with Gasteiger partial charge in [-0.2, -0.15) is 0 Å². The summed E-state index contributed by atoms with van der Waals surface area (Å²) in [5, 5.41) is 1.45. The molecule has 0 bridgehead atoms. The van der Waals surface area contributed by atoms with Crippen LogP contribution in [0.1, 0.15) is 32.8 Å². The first-order chi connectivity index (χ1) is 14.9. The van der Waals surface area contributed by atoms with Crippen LogP contribution in [0.25, 0.3) is 33.1 Å². The smallest absolute Gasteiger partial charge is 0.336 e. The first-order valence-electron chi connectivity index (χ1n) is 10.1. The van der Waals surface area contributed by atoms with E-state index in [2.05, 4.69) is 0 Å². The fraction of sp³-hybridized carbons (Fsp3) is 0.111. The molecule has 4 heteroatoms. The number of ketones is 1. The molecule has 5 rings (SSSR count). The lowest BCUT2D eigenvalue weighted by molar-refractivity contribution is 0.101. The minimum atomic E-state index is -0.431. The summed E-state index contributed by atoms with van der Waals surface area (Å²) in [5.74, 6) is 0.0421. The van der Waals surface area contributed by atoms with Crippen molar-refractivity contribution in [1.29, 1.82) is 0 Å². The van der Waals surface area contributed by atoms with Gasteiger partial charge in [0.1, 0.15) is 11.2 Å². The van der Waals surface area contributed by atoms with Crippen molar-refractivity contribution < 1.29 is 13.6 Å². The number of hydrogen-bond donors (Lipinski definition) is 0. The normalized spacial score (nSPS) is 11.3. The number of fused-ring (bicyclic) bond motifs is 3. The standard InChI is InChI=1S/C27H20O4/c1-15-9-10-19(16(2)13-15)25(29)27-23(18-7-5-4-6-8-18)24-21(30-27)12-11-20-17(3)14-22(28)31-26(20)24/h4-14H,1-3H3. The number of hydrogen-bond acceptors (Lipinski definition) is 4. The molecule has 0 spiro atoms. The van der Waals surface area contributed by atoms with E-state index in [0.29, 0.717) is 27.7 Å². The van der Waals surface area contributed by atoms with Crippen molar-refractivity contribution in [2.45, 2.75) is 20.8 Å². The fourth-order valence-electron chi connectivity index (χ4n) is 4.19. The number of furan rings is 1. The Morgan fingerprint density at radius 3 is 2.32 bits per heavy atom. The zero-order valence-corrected chi connectivity index (χ0v) is 17.5. The van der Waals surface area contributed by atoms with Crippen LogP contribution in [0.5, 0.6) is 0 Å². The Balaban J connectivity index is 1.90. The lowest BCUT2D eigenvalue weighted by Gasteiger charge is -2.07. The van der Waals surface area contributed by atoms with E-state index < -0.39 is 5.63 Å². The Kier molecular flexibility index (Phi) is 4.36. The molecular weight excluding hydrogens is 388 g/mol. The number of benzene rings is 3. The molecule has 4 nitrogen and oxygen atoms in total. The van der Waals surface area contributed by atoms with Gasteiger partial charge in [-0.25, -0.2) is 4.79 Å². The Morgan fingerprint density at radius 2 is 1.58 bits per heavy atom. The van der Waals surface area contributed by atoms with Gasteiger partial charge in [0.25, 0.3) is 0 Å². The molecule has 152 valence electrons. The molecule has 0 saturated carbocycles. The molecule has 0 fully saturated rings. The van der Waals surface area contributed by atoms with Crippen LogP contribution in [-0.4, -0.2) is 5.78 Å². The van der Waals surface area contributed by atoms with E-state index >= 15 is 0 Å². The van der Waals surface area contributed by atoms with Crippen molar-refractivity contribution in [3.05, 3.63) is 105 Å². The van der Waals surface area contributed by atoms with E-state index in [9.17, 15) is 9.59 Å². The van der Waals surface area contributed by atoms with Gasteiger partial charge < -0.3 is 8.83 Å². The Bertz CT molecular complexity index is 1540. The fourth-order valence-corrected chi connectivity index (χ4v) is 4.19. The van der Waals surface area contributed by atoms with Gasteiger partial charge in [-0.05, 0) is 49.6 Å². The van der Waals surface area contributed by atoms with E-state index in [-0.39, 0.29) is 11.5 Å². The number of carbonyl (C=O) groups is 1. The molecule has 2 aromatic heterocycles. The quantitative estimate of drug-likeness (QED) is 0.257. The molecule has 0 amide bonds. The van der Waals surface area contributed by atoms with E-state index in [1.807, 2.05) is 81.4 Å². The third-order valence-corrected chi connectivity index (χ3v) is 5.67. The zero-order chi connectivity index (χ0) is 21.7. The third kappa shape index (κ3) is 3.08. The minimum Gasteiger partial charge on any atom is -0.452 e. The molecular formula is C27H20O4. The van der Waals surface area contributed by atoms with Crippen LogP contribution in [0.3, 0.4) is 0 Å². The van der Waals surface area contributed by atoms with E-state index in [0.717, 1.165) is 27.6 Å². The lowest BCUT2D eigenvalue weighted by atomic mass is 9.94. The van der Waals surface area contributed by atoms with E-state index in [1.165, 1.54) is 6.07 Å². The maximum Gasteiger partial charge on any atom is 0.336 e. The summed E-state index contributed by atoms with van der Waals surface area (Å²) in [6.45, 7) is 5.78. The molecule has 5 aromatic rings. The molecule has 0 atom stereocenters. The van der Waals surface area contributed by atoms with Crippen molar-refractivity contribution in [2.75, 3.05) is 0 Å². The van der Waals surface area contributed by atoms with Crippen molar-refractivity contribution in [3.8, 4) is 11.1 Å². The molecule has 0 N–H and O–H groups in total. The first kappa shape index (κ1) is 19.1. The highest BCUT2D eigenvalue weighted by Gasteiger charge is 2.26. The van der Waals surface area contributed by atoms with Gasteiger partial charge in [-0.15, -0.1) is 0 Å². The molecule has 0 radical (unpaired) electrons. The van der Waals surface area contributed by atoms with Gasteiger partial charge in [-0.1, -0.05) is 54.1 Å². The Labute approximate surface area is 178 Å². The molecule has 0 aliphatic rings. The minimum absolute atomic E-state index is 0.198. The van der Waals surface area contributed by atoms with Crippen molar-refractivity contribution in [2.24, 2.45) is 0 Å². The monoisotopic (exact) mass is 408 g/mol. The molecule has 0 saturated heterocycles. The molecule has 31 heavy (non-hydrogen) atoms. The van der Waals surface area contributed by atoms with E-state index in [1.54, 1.807) is 0 Å². The van der Waals surface area contributed by atoms with Gasteiger partial charge in [0.15, 0.2) is 5.76 Å². The average Bonchev–Trinajstić information content (AvgIpc) is 3.14. The van der Waals surface area contributed by atoms with Gasteiger partial charge in [-0.3, -0.25) is 4.79 Å². The van der Waals surface area contributed by atoms with Crippen molar-refractivity contribution >= 4 is 27.7 Å². The van der Waals surface area contributed by atoms with Gasteiger partial charge in [0.05, 0.1) is 5.39 Å². The molecule has 3 aromatic carbocycles. The van der Waals surface area contributed by atoms with Crippen LogP contribution in [0.4, 0.5) is 0 Å². The summed E-state index contributed by atoms with van der Waals surface area (Å²) in [4.78, 5) is 25.8. The number of aryl methyl sites for hydroxylation is 3. The maximum atomic E-state index is 13.6. The highest BCUT2D eigenvalue weighted by molar-refractivity contribution is 6.20. The summed E-state index contributed by atoms with van der Waals surface area (Å²) in [7, 11) is 0.